The third-order valence-corrected chi connectivity index (χ3v) is 9.00. The van der Waals surface area contributed by atoms with E-state index in [9.17, 15) is 13.2 Å². The third-order valence-electron chi connectivity index (χ3n) is 7.14. The molecule has 2 atom stereocenters. The zero-order valence-corrected chi connectivity index (χ0v) is 21.6. The van der Waals surface area contributed by atoms with Crippen molar-refractivity contribution in [3.05, 3.63) is 59.7 Å². The Bertz CT molecular complexity index is 1100. The van der Waals surface area contributed by atoms with Gasteiger partial charge in [-0.3, -0.25) is 9.69 Å². The van der Waals surface area contributed by atoms with E-state index in [0.717, 1.165) is 50.1 Å². The molecule has 8 heteroatoms. The lowest BCUT2D eigenvalue weighted by atomic mass is 10.0. The second kappa shape index (κ2) is 11.5. The van der Waals surface area contributed by atoms with Crippen molar-refractivity contribution in [1.82, 2.24) is 14.5 Å². The van der Waals surface area contributed by atoms with Crippen LogP contribution in [0, 0.1) is 5.92 Å². The van der Waals surface area contributed by atoms with Crippen molar-refractivity contribution in [2.45, 2.75) is 50.0 Å². The summed E-state index contributed by atoms with van der Waals surface area (Å²) < 4.78 is 33.2. The second-order valence-corrected chi connectivity index (χ2v) is 11.7. The molecule has 190 valence electrons. The molecule has 7 nitrogen and oxygen atoms in total. The van der Waals surface area contributed by atoms with Crippen LogP contribution in [0.25, 0.3) is 0 Å². The van der Waals surface area contributed by atoms with Crippen LogP contribution < -0.4 is 10.1 Å². The lowest BCUT2D eigenvalue weighted by molar-refractivity contribution is 0.0924. The van der Waals surface area contributed by atoms with Gasteiger partial charge in [0, 0.05) is 25.2 Å². The van der Waals surface area contributed by atoms with Crippen molar-refractivity contribution in [3.63, 3.8) is 0 Å². The van der Waals surface area contributed by atoms with E-state index in [1.165, 1.54) is 12.5 Å². The lowest BCUT2D eigenvalue weighted by Crippen LogP contribution is -2.40. The number of nitrogens with one attached hydrogen (secondary N) is 1. The van der Waals surface area contributed by atoms with Crippen LogP contribution in [0.4, 0.5) is 0 Å². The minimum Gasteiger partial charge on any atom is -0.497 e. The molecule has 35 heavy (non-hydrogen) atoms. The Balaban J connectivity index is 1.48. The SMILES string of the molecule is COc1ccc(C(CNC(=O)c2cccc(S(=O)(=O)N3CCCC(C)C3)c2)N2CCCCC2)cc1. The quantitative estimate of drug-likeness (QED) is 0.592. The highest BCUT2D eigenvalue weighted by Crippen LogP contribution is 2.27. The van der Waals surface area contributed by atoms with Gasteiger partial charge in [0.1, 0.15) is 5.75 Å². The summed E-state index contributed by atoms with van der Waals surface area (Å²) in [5.41, 5.74) is 1.49. The summed E-state index contributed by atoms with van der Waals surface area (Å²) in [6.07, 6.45) is 5.44. The fourth-order valence-electron chi connectivity index (χ4n) is 5.12. The van der Waals surface area contributed by atoms with Crippen molar-refractivity contribution >= 4 is 15.9 Å². The van der Waals surface area contributed by atoms with Crippen LogP contribution in [0.15, 0.2) is 53.4 Å². The normalized spacial score (nSPS) is 20.8. The summed E-state index contributed by atoms with van der Waals surface area (Å²) in [6, 6.07) is 14.5. The molecule has 2 unspecified atom stereocenters. The monoisotopic (exact) mass is 499 g/mol. The van der Waals surface area contributed by atoms with Crippen molar-refractivity contribution in [1.29, 1.82) is 0 Å². The Kier molecular flexibility index (Phi) is 8.46. The molecule has 2 heterocycles. The van der Waals surface area contributed by atoms with Crippen LogP contribution >= 0.6 is 0 Å². The topological polar surface area (TPSA) is 78.9 Å². The summed E-state index contributed by atoms with van der Waals surface area (Å²) in [5.74, 6) is 0.885. The van der Waals surface area contributed by atoms with E-state index in [4.69, 9.17) is 4.74 Å². The summed E-state index contributed by atoms with van der Waals surface area (Å²) in [7, 11) is -1.97. The largest absolute Gasteiger partial charge is 0.497 e. The fourth-order valence-corrected chi connectivity index (χ4v) is 6.76. The Labute approximate surface area is 209 Å². The Morgan fingerprint density at radius 2 is 1.80 bits per heavy atom. The molecule has 2 saturated heterocycles. The molecule has 1 amide bonds. The number of nitrogens with zero attached hydrogens (tertiary/aromatic N) is 2. The van der Waals surface area contributed by atoms with Crippen LogP contribution in [-0.4, -0.2) is 63.4 Å². The number of carbonyl (C=O) groups is 1. The van der Waals surface area contributed by atoms with Gasteiger partial charge in [-0.1, -0.05) is 31.5 Å². The predicted octanol–water partition coefficient (Wildman–Crippen LogP) is 4.07. The van der Waals surface area contributed by atoms with Crippen LogP contribution in [0.3, 0.4) is 0 Å². The predicted molar refractivity (Wildman–Crippen MR) is 137 cm³/mol. The highest BCUT2D eigenvalue weighted by Gasteiger charge is 2.29. The minimum atomic E-state index is -3.62. The molecule has 0 aliphatic carbocycles. The number of benzene rings is 2. The van der Waals surface area contributed by atoms with E-state index in [0.29, 0.717) is 31.1 Å². The maximum Gasteiger partial charge on any atom is 0.251 e. The molecule has 0 spiro atoms. The van der Waals surface area contributed by atoms with E-state index >= 15 is 0 Å². The van der Waals surface area contributed by atoms with Gasteiger partial charge in [0.05, 0.1) is 18.0 Å². The zero-order chi connectivity index (χ0) is 24.8. The molecule has 2 aliphatic heterocycles. The van der Waals surface area contributed by atoms with Gasteiger partial charge < -0.3 is 10.1 Å². The van der Waals surface area contributed by atoms with Crippen molar-refractivity contribution in [2.75, 3.05) is 39.8 Å². The summed E-state index contributed by atoms with van der Waals surface area (Å²) in [5, 5.41) is 3.07. The molecular formula is C27H37N3O4S. The maximum absolute atomic E-state index is 13.2. The van der Waals surface area contributed by atoms with Crippen molar-refractivity contribution in [3.8, 4) is 5.75 Å². The number of sulfonamides is 1. The van der Waals surface area contributed by atoms with Gasteiger partial charge in [0.2, 0.25) is 10.0 Å². The van der Waals surface area contributed by atoms with Gasteiger partial charge in [0.15, 0.2) is 0 Å². The first-order chi connectivity index (χ1) is 16.9. The van der Waals surface area contributed by atoms with Gasteiger partial charge in [-0.15, -0.1) is 0 Å². The van der Waals surface area contributed by atoms with Crippen molar-refractivity contribution < 1.29 is 17.9 Å². The highest BCUT2D eigenvalue weighted by molar-refractivity contribution is 7.89. The number of hydrogen-bond acceptors (Lipinski definition) is 5. The fraction of sp³-hybridized carbons (Fsp3) is 0.519. The molecule has 0 bridgehead atoms. The molecule has 0 radical (unpaired) electrons. The van der Waals surface area contributed by atoms with E-state index in [2.05, 4.69) is 29.3 Å². The average Bonchev–Trinajstić information content (AvgIpc) is 2.89. The van der Waals surface area contributed by atoms with Gasteiger partial charge in [-0.2, -0.15) is 4.31 Å². The van der Waals surface area contributed by atoms with Crippen LogP contribution in [-0.2, 0) is 10.0 Å². The van der Waals surface area contributed by atoms with Gasteiger partial charge in [-0.25, -0.2) is 8.42 Å². The molecule has 2 aromatic rings. The third kappa shape index (κ3) is 6.23. The first-order valence-electron chi connectivity index (χ1n) is 12.6. The first kappa shape index (κ1) is 25.7. The van der Waals surface area contributed by atoms with Crippen LogP contribution in [0.1, 0.15) is 61.0 Å². The van der Waals surface area contributed by atoms with E-state index in [1.807, 2.05) is 12.1 Å². The van der Waals surface area contributed by atoms with E-state index < -0.39 is 10.0 Å². The number of likely N-dealkylation sites (tertiary alicyclic amines) is 1. The molecule has 4 rings (SSSR count). The van der Waals surface area contributed by atoms with Gasteiger partial charge in [0.25, 0.3) is 5.91 Å². The molecule has 2 aromatic carbocycles. The highest BCUT2D eigenvalue weighted by atomic mass is 32.2. The number of hydrogen-bond donors (Lipinski definition) is 1. The number of carbonyl (C=O) groups excluding carboxylic acids is 1. The number of ether oxygens (including phenoxy) is 1. The first-order valence-corrected chi connectivity index (χ1v) is 14.1. The summed E-state index contributed by atoms with van der Waals surface area (Å²) >= 11 is 0. The maximum atomic E-state index is 13.2. The van der Waals surface area contributed by atoms with E-state index in [1.54, 1.807) is 29.6 Å². The number of methoxy groups -OCH3 is 1. The van der Waals surface area contributed by atoms with Gasteiger partial charge in [-0.05, 0) is 80.6 Å². The average molecular weight is 500 g/mol. The standard InChI is InChI=1S/C27H37N3O4S/c1-21-8-7-17-30(20-21)35(32,33)25-10-6-9-23(18-25)27(31)28-19-26(29-15-4-3-5-16-29)22-11-13-24(34-2)14-12-22/h6,9-14,18,21,26H,3-5,7-8,15-17,19-20H2,1-2H3,(H,28,31). The van der Waals surface area contributed by atoms with Crippen LogP contribution in [0.2, 0.25) is 0 Å². The molecular weight excluding hydrogens is 462 g/mol. The Morgan fingerprint density at radius 1 is 1.06 bits per heavy atom. The lowest BCUT2D eigenvalue weighted by Gasteiger charge is -2.35. The number of rotatable bonds is 8. The van der Waals surface area contributed by atoms with Crippen molar-refractivity contribution in [2.24, 2.45) is 5.92 Å². The van der Waals surface area contributed by atoms with E-state index in [-0.39, 0.29) is 16.8 Å². The zero-order valence-electron chi connectivity index (χ0n) is 20.8. The number of amides is 1. The minimum absolute atomic E-state index is 0.0481. The number of piperidine rings is 2. The van der Waals surface area contributed by atoms with Crippen LogP contribution in [0.5, 0.6) is 5.75 Å². The molecule has 0 saturated carbocycles. The molecule has 2 aliphatic rings. The summed E-state index contributed by atoms with van der Waals surface area (Å²) in [6.45, 7) is 5.57. The molecule has 0 aromatic heterocycles. The van der Waals surface area contributed by atoms with Gasteiger partial charge >= 0.3 is 0 Å². The molecule has 2 fully saturated rings. The smallest absolute Gasteiger partial charge is 0.251 e. The Morgan fingerprint density at radius 3 is 2.49 bits per heavy atom. The second-order valence-electron chi connectivity index (χ2n) is 9.73. The Hall–Kier alpha value is -2.42. The summed E-state index contributed by atoms with van der Waals surface area (Å²) in [4.78, 5) is 15.7. The molecule has 1 N–H and O–H groups in total.